The Morgan fingerprint density at radius 3 is 2.62 bits per heavy atom. The highest BCUT2D eigenvalue weighted by Gasteiger charge is 2.14. The molecule has 2 amide bonds. The van der Waals surface area contributed by atoms with Gasteiger partial charge in [-0.3, -0.25) is 0 Å². The molecule has 0 saturated carbocycles. The van der Waals surface area contributed by atoms with Crippen molar-refractivity contribution in [3.63, 3.8) is 0 Å². The number of nitrogens with one attached hydrogen (secondary N) is 1. The van der Waals surface area contributed by atoms with Crippen LogP contribution in [0.2, 0.25) is 0 Å². The normalized spacial score (nSPS) is 10.0. The fourth-order valence-corrected chi connectivity index (χ4v) is 1.74. The van der Waals surface area contributed by atoms with Gasteiger partial charge in [0.25, 0.3) is 0 Å². The number of carbonyl (C=O) groups is 2. The number of rotatable bonds is 8. The molecule has 0 spiro atoms. The summed E-state index contributed by atoms with van der Waals surface area (Å²) in [5.74, 6) is -0.808. The molecule has 0 bridgehead atoms. The quantitative estimate of drug-likeness (QED) is 0.673. The van der Waals surface area contributed by atoms with Gasteiger partial charge >= 0.3 is 12.0 Å². The summed E-state index contributed by atoms with van der Waals surface area (Å²) < 4.78 is 5.12. The van der Waals surface area contributed by atoms with Crippen molar-refractivity contribution < 1.29 is 24.5 Å². The number of carbonyl (C=O) groups excluding carboxylic acids is 1. The number of hydrogen-bond donors (Lipinski definition) is 3. The van der Waals surface area contributed by atoms with Crippen molar-refractivity contribution in [2.45, 2.75) is 13.3 Å². The van der Waals surface area contributed by atoms with E-state index in [-0.39, 0.29) is 24.9 Å². The van der Waals surface area contributed by atoms with Gasteiger partial charge in [-0.1, -0.05) is 19.1 Å². The zero-order valence-corrected chi connectivity index (χ0v) is 11.9. The Labute approximate surface area is 123 Å². The monoisotopic (exact) mass is 296 g/mol. The molecule has 1 aromatic carbocycles. The van der Waals surface area contributed by atoms with Crippen molar-refractivity contribution in [1.82, 2.24) is 4.90 Å². The van der Waals surface area contributed by atoms with Crippen LogP contribution in [0.1, 0.15) is 13.3 Å². The second-order valence-electron chi connectivity index (χ2n) is 4.32. The maximum atomic E-state index is 12.1. The van der Waals surface area contributed by atoms with Crippen LogP contribution in [0.25, 0.3) is 0 Å². The summed E-state index contributed by atoms with van der Waals surface area (Å²) in [6.45, 7) is 2.08. The van der Waals surface area contributed by atoms with Crippen LogP contribution in [0.15, 0.2) is 24.3 Å². The lowest BCUT2D eigenvalue weighted by molar-refractivity contribution is -0.139. The molecule has 0 unspecified atom stereocenters. The van der Waals surface area contributed by atoms with Gasteiger partial charge in [-0.25, -0.2) is 9.59 Å². The number of ether oxygens (including phenoxy) is 1. The summed E-state index contributed by atoms with van der Waals surface area (Å²) in [6, 6.07) is 6.23. The zero-order valence-electron chi connectivity index (χ0n) is 11.9. The summed E-state index contributed by atoms with van der Waals surface area (Å²) in [6.07, 6.45) is 0.768. The van der Waals surface area contributed by atoms with Crippen molar-refractivity contribution >= 4 is 17.7 Å². The number of aliphatic carboxylic acids is 1. The van der Waals surface area contributed by atoms with Crippen molar-refractivity contribution in [3.05, 3.63) is 24.3 Å². The maximum absolute atomic E-state index is 12.1. The summed E-state index contributed by atoms with van der Waals surface area (Å²) in [5.41, 5.74) is 0.391. The first-order chi connectivity index (χ1) is 10.1. The average Bonchev–Trinajstić information content (AvgIpc) is 2.46. The third kappa shape index (κ3) is 5.70. The predicted molar refractivity (Wildman–Crippen MR) is 77.5 cm³/mol. The number of anilines is 1. The minimum atomic E-state index is -1.09. The van der Waals surface area contributed by atoms with Crippen molar-refractivity contribution in [3.8, 4) is 5.75 Å². The van der Waals surface area contributed by atoms with E-state index in [1.807, 2.05) is 6.92 Å². The smallest absolute Gasteiger partial charge is 0.341 e. The van der Waals surface area contributed by atoms with Crippen molar-refractivity contribution in [2.75, 3.05) is 31.6 Å². The van der Waals surface area contributed by atoms with Crippen LogP contribution in [0, 0.1) is 0 Å². The molecule has 0 atom stereocenters. The Bertz CT molecular complexity index is 472. The molecule has 7 nitrogen and oxygen atoms in total. The van der Waals surface area contributed by atoms with Gasteiger partial charge in [0.05, 0.1) is 12.3 Å². The Morgan fingerprint density at radius 1 is 1.29 bits per heavy atom. The maximum Gasteiger partial charge on any atom is 0.341 e. The molecule has 116 valence electrons. The molecular formula is C14H20N2O5. The predicted octanol–water partition coefficient (Wildman–Crippen LogP) is 1.39. The minimum Gasteiger partial charge on any atom is -0.480 e. The van der Waals surface area contributed by atoms with E-state index in [2.05, 4.69) is 5.32 Å². The molecule has 0 aliphatic heterocycles. The van der Waals surface area contributed by atoms with Gasteiger partial charge < -0.3 is 25.2 Å². The van der Waals surface area contributed by atoms with Gasteiger partial charge in [0.15, 0.2) is 6.61 Å². The van der Waals surface area contributed by atoms with E-state index in [9.17, 15) is 9.59 Å². The number of hydrogen-bond acceptors (Lipinski definition) is 4. The number of para-hydroxylation sites is 2. The van der Waals surface area contributed by atoms with Crippen LogP contribution in [0.4, 0.5) is 10.5 Å². The third-order valence-electron chi connectivity index (χ3n) is 2.63. The number of benzene rings is 1. The van der Waals surface area contributed by atoms with Crippen LogP contribution >= 0.6 is 0 Å². The second kappa shape index (κ2) is 8.80. The molecule has 0 aromatic heterocycles. The fourth-order valence-electron chi connectivity index (χ4n) is 1.74. The second-order valence-corrected chi connectivity index (χ2v) is 4.32. The van der Waals surface area contributed by atoms with Gasteiger partial charge in [0, 0.05) is 13.1 Å². The van der Waals surface area contributed by atoms with Crippen LogP contribution in [0.5, 0.6) is 5.75 Å². The molecule has 0 saturated heterocycles. The Kier molecular flexibility index (Phi) is 7.03. The first kappa shape index (κ1) is 16.8. The van der Waals surface area contributed by atoms with Crippen LogP contribution in [0.3, 0.4) is 0 Å². The topological polar surface area (TPSA) is 99.1 Å². The van der Waals surface area contributed by atoms with Crippen molar-refractivity contribution in [2.24, 2.45) is 0 Å². The number of carboxylic acid groups (broad SMARTS) is 1. The van der Waals surface area contributed by atoms with E-state index in [0.717, 1.165) is 6.42 Å². The molecular weight excluding hydrogens is 276 g/mol. The highest BCUT2D eigenvalue weighted by molar-refractivity contribution is 5.91. The molecule has 7 heteroatoms. The van der Waals surface area contributed by atoms with Crippen LogP contribution in [-0.2, 0) is 4.79 Å². The first-order valence-electron chi connectivity index (χ1n) is 6.68. The molecule has 0 aliphatic carbocycles. The highest BCUT2D eigenvalue weighted by Crippen LogP contribution is 2.24. The molecule has 0 aliphatic rings. The highest BCUT2D eigenvalue weighted by atomic mass is 16.5. The van der Waals surface area contributed by atoms with Crippen molar-refractivity contribution in [1.29, 1.82) is 0 Å². The van der Waals surface area contributed by atoms with E-state index in [1.54, 1.807) is 24.3 Å². The molecule has 0 heterocycles. The van der Waals surface area contributed by atoms with Gasteiger partial charge in [-0.05, 0) is 18.6 Å². The Balaban J connectivity index is 2.76. The van der Waals surface area contributed by atoms with E-state index >= 15 is 0 Å². The molecule has 1 aromatic rings. The fraction of sp³-hybridized carbons (Fsp3) is 0.429. The van der Waals surface area contributed by atoms with E-state index in [0.29, 0.717) is 12.2 Å². The van der Waals surface area contributed by atoms with Gasteiger partial charge in [0.1, 0.15) is 5.75 Å². The van der Waals surface area contributed by atoms with E-state index in [4.69, 9.17) is 14.9 Å². The number of aliphatic hydroxyl groups excluding tert-OH is 1. The van der Waals surface area contributed by atoms with E-state index < -0.39 is 12.6 Å². The number of urea groups is 1. The lowest BCUT2D eigenvalue weighted by Crippen LogP contribution is -2.37. The minimum absolute atomic E-state index is 0.120. The Morgan fingerprint density at radius 2 is 2.00 bits per heavy atom. The molecule has 0 radical (unpaired) electrons. The molecule has 1 rings (SSSR count). The molecule has 21 heavy (non-hydrogen) atoms. The van der Waals surface area contributed by atoms with E-state index in [1.165, 1.54) is 4.90 Å². The molecule has 0 fully saturated rings. The number of amides is 2. The number of aliphatic hydroxyl groups is 1. The lowest BCUT2D eigenvalue weighted by atomic mass is 10.3. The lowest BCUT2D eigenvalue weighted by Gasteiger charge is -2.22. The van der Waals surface area contributed by atoms with Gasteiger partial charge in [0.2, 0.25) is 0 Å². The van der Waals surface area contributed by atoms with Crippen LogP contribution < -0.4 is 10.1 Å². The SMILES string of the molecule is CCCN(CCO)C(=O)Nc1ccccc1OCC(=O)O. The van der Waals surface area contributed by atoms with Crippen LogP contribution in [-0.4, -0.2) is 53.4 Å². The molecule has 3 N–H and O–H groups in total. The zero-order chi connectivity index (χ0) is 15.7. The summed E-state index contributed by atoms with van der Waals surface area (Å²) >= 11 is 0. The number of nitrogens with zero attached hydrogens (tertiary/aromatic N) is 1. The third-order valence-corrected chi connectivity index (χ3v) is 2.63. The largest absolute Gasteiger partial charge is 0.480 e. The van der Waals surface area contributed by atoms with Gasteiger partial charge in [-0.2, -0.15) is 0 Å². The van der Waals surface area contributed by atoms with Gasteiger partial charge in [-0.15, -0.1) is 0 Å². The summed E-state index contributed by atoms with van der Waals surface area (Å²) in [7, 11) is 0. The Hall–Kier alpha value is -2.28. The standard InChI is InChI=1S/C14H20N2O5/c1-2-7-16(8-9-17)14(20)15-11-5-3-4-6-12(11)21-10-13(18)19/h3-6,17H,2,7-10H2,1H3,(H,15,20)(H,18,19). The summed E-state index contributed by atoms with van der Waals surface area (Å²) in [5, 5.41) is 20.3. The first-order valence-corrected chi connectivity index (χ1v) is 6.68. The average molecular weight is 296 g/mol. The summed E-state index contributed by atoms with van der Waals surface area (Å²) in [4.78, 5) is 24.1. The number of carboxylic acids is 1.